The number of halogens is 1. The third-order valence-corrected chi connectivity index (χ3v) is 1.83. The van der Waals surface area contributed by atoms with Crippen molar-refractivity contribution in [1.82, 2.24) is 9.78 Å². The van der Waals surface area contributed by atoms with Crippen LogP contribution in [0.25, 0.3) is 6.08 Å². The number of hydrogen-bond donors (Lipinski definition) is 1. The average Bonchev–Trinajstić information content (AvgIpc) is 2.26. The second kappa shape index (κ2) is 3.53. The van der Waals surface area contributed by atoms with Gasteiger partial charge in [-0.05, 0) is 22.0 Å². The zero-order chi connectivity index (χ0) is 9.14. The second-order valence-corrected chi connectivity index (χ2v) is 3.13. The average molecular weight is 230 g/mol. The normalized spacial score (nSPS) is 10.8. The Morgan fingerprint density at radius 3 is 2.92 bits per heavy atom. The Morgan fingerprint density at radius 2 is 2.50 bits per heavy atom. The summed E-state index contributed by atoms with van der Waals surface area (Å²) >= 11 is 3.28. The van der Waals surface area contributed by atoms with E-state index in [-0.39, 0.29) is 0 Å². The van der Waals surface area contributed by atoms with Crippen LogP contribution >= 0.6 is 15.9 Å². The molecular formula is C7H8BrN3O. The molecule has 0 spiro atoms. The van der Waals surface area contributed by atoms with Gasteiger partial charge in [0.25, 0.3) is 0 Å². The molecule has 1 rings (SSSR count). The Morgan fingerprint density at radius 1 is 1.83 bits per heavy atom. The summed E-state index contributed by atoms with van der Waals surface area (Å²) in [5, 5.41) is 4.06. The quantitative estimate of drug-likeness (QED) is 0.759. The van der Waals surface area contributed by atoms with Crippen molar-refractivity contribution in [3.63, 3.8) is 0 Å². The zero-order valence-corrected chi connectivity index (χ0v) is 8.08. The highest BCUT2D eigenvalue weighted by molar-refractivity contribution is 9.10. The number of carbonyl (C=O) groups is 1. The van der Waals surface area contributed by atoms with Crippen LogP contribution in [-0.2, 0) is 11.8 Å². The summed E-state index contributed by atoms with van der Waals surface area (Å²) in [7, 11) is 1.80. The smallest absolute Gasteiger partial charge is 0.241 e. The molecule has 12 heavy (non-hydrogen) atoms. The minimum absolute atomic E-state index is 0.479. The lowest BCUT2D eigenvalue weighted by Gasteiger charge is -1.84. The maximum Gasteiger partial charge on any atom is 0.241 e. The van der Waals surface area contributed by atoms with Crippen LogP contribution in [0.1, 0.15) is 5.69 Å². The lowest BCUT2D eigenvalue weighted by molar-refractivity contribution is -0.113. The van der Waals surface area contributed by atoms with E-state index >= 15 is 0 Å². The lowest BCUT2D eigenvalue weighted by atomic mass is 10.4. The Balaban J connectivity index is 2.89. The number of aromatic nitrogens is 2. The van der Waals surface area contributed by atoms with E-state index in [1.165, 1.54) is 6.08 Å². The molecule has 1 heterocycles. The van der Waals surface area contributed by atoms with Crippen molar-refractivity contribution in [1.29, 1.82) is 0 Å². The fourth-order valence-corrected chi connectivity index (χ4v) is 1.26. The highest BCUT2D eigenvalue weighted by Crippen LogP contribution is 2.14. The van der Waals surface area contributed by atoms with Crippen LogP contribution in [0.4, 0.5) is 0 Å². The van der Waals surface area contributed by atoms with Gasteiger partial charge < -0.3 is 5.73 Å². The van der Waals surface area contributed by atoms with E-state index in [0.717, 1.165) is 4.47 Å². The largest absolute Gasteiger partial charge is 0.366 e. The SMILES string of the molecule is Cn1cc(Br)c(/C=C\C(N)=O)n1. The molecule has 0 radical (unpaired) electrons. The van der Waals surface area contributed by atoms with Crippen molar-refractivity contribution in [2.45, 2.75) is 0 Å². The summed E-state index contributed by atoms with van der Waals surface area (Å²) in [5.41, 5.74) is 5.61. The number of primary amides is 1. The van der Waals surface area contributed by atoms with Crippen LogP contribution in [0.15, 0.2) is 16.7 Å². The van der Waals surface area contributed by atoms with E-state index in [2.05, 4.69) is 21.0 Å². The summed E-state index contributed by atoms with van der Waals surface area (Å²) in [6, 6.07) is 0. The number of amides is 1. The molecule has 4 nitrogen and oxygen atoms in total. The second-order valence-electron chi connectivity index (χ2n) is 2.27. The number of aryl methyl sites for hydroxylation is 1. The van der Waals surface area contributed by atoms with Crippen molar-refractivity contribution >= 4 is 27.9 Å². The van der Waals surface area contributed by atoms with Gasteiger partial charge in [-0.2, -0.15) is 5.10 Å². The molecule has 0 atom stereocenters. The first kappa shape index (κ1) is 8.99. The van der Waals surface area contributed by atoms with Gasteiger partial charge in [-0.3, -0.25) is 9.48 Å². The van der Waals surface area contributed by atoms with E-state index in [4.69, 9.17) is 5.73 Å². The van der Waals surface area contributed by atoms with Crippen molar-refractivity contribution in [2.75, 3.05) is 0 Å². The molecule has 0 saturated heterocycles. The van der Waals surface area contributed by atoms with Crippen LogP contribution in [0.2, 0.25) is 0 Å². The van der Waals surface area contributed by atoms with Gasteiger partial charge in [0.15, 0.2) is 0 Å². The molecular weight excluding hydrogens is 222 g/mol. The molecule has 0 aliphatic heterocycles. The van der Waals surface area contributed by atoms with Crippen molar-refractivity contribution in [3.8, 4) is 0 Å². The van der Waals surface area contributed by atoms with E-state index in [0.29, 0.717) is 5.69 Å². The van der Waals surface area contributed by atoms with E-state index in [1.807, 2.05) is 0 Å². The molecule has 0 unspecified atom stereocenters. The fraction of sp³-hybridized carbons (Fsp3) is 0.143. The van der Waals surface area contributed by atoms with Gasteiger partial charge in [-0.1, -0.05) is 0 Å². The molecule has 1 aromatic rings. The predicted molar refractivity (Wildman–Crippen MR) is 49.1 cm³/mol. The lowest BCUT2D eigenvalue weighted by Crippen LogP contribution is -2.05. The van der Waals surface area contributed by atoms with E-state index in [9.17, 15) is 4.79 Å². The molecule has 1 aromatic heterocycles. The first-order valence-electron chi connectivity index (χ1n) is 3.26. The topological polar surface area (TPSA) is 60.9 Å². The van der Waals surface area contributed by atoms with Crippen molar-refractivity contribution in [3.05, 3.63) is 22.4 Å². The van der Waals surface area contributed by atoms with Gasteiger partial charge in [0.2, 0.25) is 5.91 Å². The molecule has 64 valence electrons. The Bertz CT molecular complexity index is 329. The monoisotopic (exact) mass is 229 g/mol. The van der Waals surface area contributed by atoms with Crippen LogP contribution < -0.4 is 5.73 Å². The highest BCUT2D eigenvalue weighted by atomic mass is 79.9. The molecule has 0 bridgehead atoms. The standard InChI is InChI=1S/C7H8BrN3O/c1-11-4-5(8)6(10-11)2-3-7(9)12/h2-4H,1H3,(H2,9,12)/b3-2-. The first-order chi connectivity index (χ1) is 5.59. The number of hydrogen-bond acceptors (Lipinski definition) is 2. The summed E-state index contributed by atoms with van der Waals surface area (Å²) < 4.78 is 2.48. The first-order valence-corrected chi connectivity index (χ1v) is 4.05. The molecule has 0 saturated carbocycles. The number of carbonyl (C=O) groups excluding carboxylic acids is 1. The maximum absolute atomic E-state index is 10.4. The predicted octanol–water partition coefficient (Wildman–Crippen LogP) is 0.681. The minimum Gasteiger partial charge on any atom is -0.366 e. The third kappa shape index (κ3) is 2.20. The molecule has 0 aliphatic rings. The summed E-state index contributed by atoms with van der Waals surface area (Å²) in [6.45, 7) is 0. The minimum atomic E-state index is -0.479. The van der Waals surface area contributed by atoms with Crippen molar-refractivity contribution in [2.24, 2.45) is 12.8 Å². The molecule has 0 aliphatic carbocycles. The van der Waals surface area contributed by atoms with Gasteiger partial charge in [-0.15, -0.1) is 0 Å². The maximum atomic E-state index is 10.4. The van der Waals surface area contributed by atoms with Crippen LogP contribution in [-0.4, -0.2) is 15.7 Å². The van der Waals surface area contributed by atoms with Gasteiger partial charge in [0, 0.05) is 19.3 Å². The summed E-state index contributed by atoms with van der Waals surface area (Å²) in [6.07, 6.45) is 4.63. The van der Waals surface area contributed by atoms with Gasteiger partial charge in [0.1, 0.15) is 0 Å². The Kier molecular flexibility index (Phi) is 2.65. The fourth-order valence-electron chi connectivity index (χ4n) is 0.751. The molecule has 2 N–H and O–H groups in total. The molecule has 5 heteroatoms. The Hall–Kier alpha value is -1.10. The molecule has 0 aromatic carbocycles. The Labute approximate surface area is 78.2 Å². The van der Waals surface area contributed by atoms with Gasteiger partial charge in [-0.25, -0.2) is 0 Å². The molecule has 0 fully saturated rings. The van der Waals surface area contributed by atoms with Gasteiger partial charge >= 0.3 is 0 Å². The number of rotatable bonds is 2. The van der Waals surface area contributed by atoms with Crippen LogP contribution in [0, 0.1) is 0 Å². The third-order valence-electron chi connectivity index (χ3n) is 1.22. The molecule has 1 amide bonds. The number of nitrogens with zero attached hydrogens (tertiary/aromatic N) is 2. The van der Waals surface area contributed by atoms with E-state index in [1.54, 1.807) is 24.0 Å². The highest BCUT2D eigenvalue weighted by Gasteiger charge is 1.99. The van der Waals surface area contributed by atoms with E-state index < -0.39 is 5.91 Å². The van der Waals surface area contributed by atoms with Crippen LogP contribution in [0.3, 0.4) is 0 Å². The zero-order valence-electron chi connectivity index (χ0n) is 6.49. The summed E-state index contributed by atoms with van der Waals surface area (Å²) in [5.74, 6) is -0.479. The van der Waals surface area contributed by atoms with Crippen LogP contribution in [0.5, 0.6) is 0 Å². The number of nitrogens with two attached hydrogens (primary N) is 1. The van der Waals surface area contributed by atoms with Crippen molar-refractivity contribution < 1.29 is 4.79 Å². The summed E-state index contributed by atoms with van der Waals surface area (Å²) in [4.78, 5) is 10.4. The van der Waals surface area contributed by atoms with Gasteiger partial charge in [0.05, 0.1) is 10.2 Å².